The van der Waals surface area contributed by atoms with Crippen LogP contribution in [0.1, 0.15) is 43.2 Å². The van der Waals surface area contributed by atoms with Gasteiger partial charge in [-0.25, -0.2) is 0 Å². The number of carbonyl (C=O) groups is 2. The summed E-state index contributed by atoms with van der Waals surface area (Å²) >= 11 is 5.87. The van der Waals surface area contributed by atoms with Gasteiger partial charge in [-0.2, -0.15) is 4.98 Å². The fourth-order valence-corrected chi connectivity index (χ4v) is 3.14. The van der Waals surface area contributed by atoms with Crippen LogP contribution < -0.4 is 5.32 Å². The molecule has 1 heterocycles. The second-order valence-corrected chi connectivity index (χ2v) is 7.86. The van der Waals surface area contributed by atoms with Gasteiger partial charge in [-0.3, -0.25) is 9.59 Å². The smallest absolute Gasteiger partial charge is 0.306 e. The predicted octanol–water partition coefficient (Wildman–Crippen LogP) is 4.94. The fourth-order valence-electron chi connectivity index (χ4n) is 3.02. The fraction of sp³-hybridized carbons (Fsp3) is 0.304. The van der Waals surface area contributed by atoms with Crippen molar-refractivity contribution < 1.29 is 18.8 Å². The molecule has 1 N–H and O–H groups in total. The van der Waals surface area contributed by atoms with Gasteiger partial charge in [0, 0.05) is 22.7 Å². The highest BCUT2D eigenvalue weighted by atomic mass is 35.5. The standard InChI is InChI=1S/C23H24ClN3O4/c1-14(2)18-6-4-5-15(3)22(18)25-19(28)13-30-21(29)12-11-20-26-23(27-31-20)16-7-9-17(24)10-8-16/h4-10,14H,11-13H2,1-3H3,(H,25,28). The van der Waals surface area contributed by atoms with Crippen molar-refractivity contribution in [2.75, 3.05) is 11.9 Å². The Kier molecular flexibility index (Phi) is 7.41. The Balaban J connectivity index is 1.48. The van der Waals surface area contributed by atoms with Crippen molar-refractivity contribution in [3.05, 3.63) is 64.5 Å². The maximum Gasteiger partial charge on any atom is 0.306 e. The minimum atomic E-state index is -0.518. The van der Waals surface area contributed by atoms with Crippen LogP contribution in [0.5, 0.6) is 0 Å². The van der Waals surface area contributed by atoms with Crippen molar-refractivity contribution in [1.82, 2.24) is 10.1 Å². The molecule has 31 heavy (non-hydrogen) atoms. The van der Waals surface area contributed by atoms with E-state index >= 15 is 0 Å². The van der Waals surface area contributed by atoms with E-state index in [1.165, 1.54) is 0 Å². The van der Waals surface area contributed by atoms with E-state index in [-0.39, 0.29) is 31.3 Å². The number of para-hydroxylation sites is 1. The second-order valence-electron chi connectivity index (χ2n) is 7.42. The first-order valence-corrected chi connectivity index (χ1v) is 10.3. The van der Waals surface area contributed by atoms with E-state index in [9.17, 15) is 9.59 Å². The molecule has 8 heteroatoms. The maximum absolute atomic E-state index is 12.3. The van der Waals surface area contributed by atoms with Gasteiger partial charge in [0.05, 0.1) is 6.42 Å². The molecule has 2 aromatic carbocycles. The molecule has 3 rings (SSSR count). The molecule has 0 aliphatic heterocycles. The van der Waals surface area contributed by atoms with E-state index in [4.69, 9.17) is 20.9 Å². The number of aromatic nitrogens is 2. The first-order valence-electron chi connectivity index (χ1n) is 9.97. The van der Waals surface area contributed by atoms with Crippen molar-refractivity contribution in [2.24, 2.45) is 0 Å². The predicted molar refractivity (Wildman–Crippen MR) is 118 cm³/mol. The molecule has 0 aliphatic rings. The van der Waals surface area contributed by atoms with Gasteiger partial charge in [-0.15, -0.1) is 0 Å². The number of benzene rings is 2. The van der Waals surface area contributed by atoms with Gasteiger partial charge in [0.2, 0.25) is 11.7 Å². The molecule has 0 aliphatic carbocycles. The Morgan fingerprint density at radius 2 is 1.90 bits per heavy atom. The molecule has 0 atom stereocenters. The number of hydrogen-bond donors (Lipinski definition) is 1. The van der Waals surface area contributed by atoms with Crippen LogP contribution in [0, 0.1) is 6.92 Å². The highest BCUT2D eigenvalue weighted by molar-refractivity contribution is 6.30. The summed E-state index contributed by atoms with van der Waals surface area (Å²) < 4.78 is 10.3. The van der Waals surface area contributed by atoms with E-state index in [0.29, 0.717) is 16.7 Å². The average Bonchev–Trinajstić information content (AvgIpc) is 3.21. The highest BCUT2D eigenvalue weighted by Gasteiger charge is 2.15. The topological polar surface area (TPSA) is 94.3 Å². The van der Waals surface area contributed by atoms with Gasteiger partial charge in [0.25, 0.3) is 5.91 Å². The monoisotopic (exact) mass is 441 g/mol. The van der Waals surface area contributed by atoms with Crippen LogP contribution in [0.15, 0.2) is 47.0 Å². The number of ether oxygens (including phenoxy) is 1. The molecule has 3 aromatic rings. The van der Waals surface area contributed by atoms with Crippen LogP contribution in [0.4, 0.5) is 5.69 Å². The van der Waals surface area contributed by atoms with E-state index < -0.39 is 5.97 Å². The number of aryl methyl sites for hydroxylation is 2. The van der Waals surface area contributed by atoms with Gasteiger partial charge in [0.15, 0.2) is 6.61 Å². The number of nitrogens with one attached hydrogen (secondary N) is 1. The largest absolute Gasteiger partial charge is 0.456 e. The zero-order valence-electron chi connectivity index (χ0n) is 17.6. The Labute approximate surface area is 185 Å². The normalized spacial score (nSPS) is 10.9. The number of esters is 1. The third kappa shape index (κ3) is 6.15. The van der Waals surface area contributed by atoms with Gasteiger partial charge in [-0.05, 0) is 48.2 Å². The van der Waals surface area contributed by atoms with Gasteiger partial charge in [0.1, 0.15) is 0 Å². The third-order valence-electron chi connectivity index (χ3n) is 4.67. The summed E-state index contributed by atoms with van der Waals surface area (Å²) in [6, 6.07) is 12.9. The summed E-state index contributed by atoms with van der Waals surface area (Å²) in [6.45, 7) is 5.68. The minimum absolute atomic E-state index is 0.0249. The summed E-state index contributed by atoms with van der Waals surface area (Å²) in [4.78, 5) is 28.5. The first-order chi connectivity index (χ1) is 14.8. The minimum Gasteiger partial charge on any atom is -0.456 e. The molecule has 7 nitrogen and oxygen atoms in total. The summed E-state index contributed by atoms with van der Waals surface area (Å²) in [5.74, 6) is 0.0824. The third-order valence-corrected chi connectivity index (χ3v) is 4.92. The SMILES string of the molecule is Cc1cccc(C(C)C)c1NC(=O)COC(=O)CCc1nc(-c2ccc(Cl)cc2)no1. The Hall–Kier alpha value is -3.19. The lowest BCUT2D eigenvalue weighted by molar-refractivity contribution is -0.147. The highest BCUT2D eigenvalue weighted by Crippen LogP contribution is 2.27. The van der Waals surface area contributed by atoms with Gasteiger partial charge in [-0.1, -0.05) is 48.8 Å². The molecular weight excluding hydrogens is 418 g/mol. The lowest BCUT2D eigenvalue weighted by Crippen LogP contribution is -2.22. The van der Waals surface area contributed by atoms with Crippen LogP contribution >= 0.6 is 11.6 Å². The zero-order chi connectivity index (χ0) is 22.4. The molecule has 1 aromatic heterocycles. The van der Waals surface area contributed by atoms with Crippen LogP contribution in [0.2, 0.25) is 5.02 Å². The van der Waals surface area contributed by atoms with E-state index in [1.807, 2.05) is 25.1 Å². The molecule has 0 spiro atoms. The number of amides is 1. The van der Waals surface area contributed by atoms with Gasteiger partial charge >= 0.3 is 5.97 Å². The molecular formula is C23H24ClN3O4. The summed E-state index contributed by atoms with van der Waals surface area (Å²) in [5.41, 5.74) is 3.51. The number of hydrogen-bond acceptors (Lipinski definition) is 6. The lowest BCUT2D eigenvalue weighted by atomic mass is 9.98. The first kappa shape index (κ1) is 22.5. The Morgan fingerprint density at radius 3 is 2.61 bits per heavy atom. The number of rotatable bonds is 8. The summed E-state index contributed by atoms with van der Waals surface area (Å²) in [7, 11) is 0. The van der Waals surface area contributed by atoms with Crippen molar-refractivity contribution >= 4 is 29.2 Å². The van der Waals surface area contributed by atoms with Crippen LogP contribution in [-0.2, 0) is 20.7 Å². The van der Waals surface area contributed by atoms with Crippen LogP contribution in [-0.4, -0.2) is 28.6 Å². The maximum atomic E-state index is 12.3. The van der Waals surface area contributed by atoms with E-state index in [1.54, 1.807) is 24.3 Å². The Morgan fingerprint density at radius 1 is 1.16 bits per heavy atom. The number of nitrogens with zero attached hydrogens (tertiary/aromatic N) is 2. The summed E-state index contributed by atoms with van der Waals surface area (Å²) in [5, 5.41) is 7.36. The van der Waals surface area contributed by atoms with Crippen molar-refractivity contribution in [2.45, 2.75) is 39.5 Å². The molecule has 0 fully saturated rings. The summed E-state index contributed by atoms with van der Waals surface area (Å²) in [6.07, 6.45) is 0.244. The number of carbonyl (C=O) groups excluding carboxylic acids is 2. The van der Waals surface area contributed by atoms with E-state index in [0.717, 1.165) is 22.4 Å². The van der Waals surface area contributed by atoms with Crippen LogP contribution in [0.25, 0.3) is 11.4 Å². The van der Waals surface area contributed by atoms with Gasteiger partial charge < -0.3 is 14.6 Å². The molecule has 0 unspecified atom stereocenters. The zero-order valence-corrected chi connectivity index (χ0v) is 18.4. The molecule has 162 valence electrons. The number of anilines is 1. The molecule has 0 saturated heterocycles. The van der Waals surface area contributed by atoms with E-state index in [2.05, 4.69) is 29.3 Å². The lowest BCUT2D eigenvalue weighted by Gasteiger charge is -2.16. The molecule has 0 saturated carbocycles. The van der Waals surface area contributed by atoms with Crippen molar-refractivity contribution in [3.8, 4) is 11.4 Å². The number of halogens is 1. The molecule has 1 amide bonds. The average molecular weight is 442 g/mol. The van der Waals surface area contributed by atoms with Crippen LogP contribution in [0.3, 0.4) is 0 Å². The molecule has 0 bridgehead atoms. The quantitative estimate of drug-likeness (QED) is 0.498. The second kappa shape index (κ2) is 10.2. The molecule has 0 radical (unpaired) electrons. The van der Waals surface area contributed by atoms with Crippen molar-refractivity contribution in [3.63, 3.8) is 0 Å². The van der Waals surface area contributed by atoms with Crippen molar-refractivity contribution in [1.29, 1.82) is 0 Å². The Bertz CT molecular complexity index is 1060.